The van der Waals surface area contributed by atoms with Crippen LogP contribution in [0.5, 0.6) is 17.2 Å². The van der Waals surface area contributed by atoms with Gasteiger partial charge in [0.05, 0.1) is 5.71 Å². The molecule has 6 heteroatoms. The second-order valence-corrected chi connectivity index (χ2v) is 8.27. The van der Waals surface area contributed by atoms with Crippen molar-refractivity contribution in [2.75, 3.05) is 0 Å². The van der Waals surface area contributed by atoms with Crippen LogP contribution in [0.15, 0.2) is 53.7 Å². The molecule has 0 radical (unpaired) electrons. The van der Waals surface area contributed by atoms with Crippen molar-refractivity contribution in [1.82, 2.24) is 0 Å². The van der Waals surface area contributed by atoms with Crippen molar-refractivity contribution in [2.24, 2.45) is 17.0 Å². The number of ether oxygens (including phenoxy) is 2. The summed E-state index contributed by atoms with van der Waals surface area (Å²) >= 11 is 2.25. The monoisotopic (exact) mass is 495 g/mol. The number of nitrogens with zero attached hydrogens (tertiary/aromatic N) is 1. The first-order valence-electron chi connectivity index (χ1n) is 9.25. The van der Waals surface area contributed by atoms with Crippen LogP contribution in [0.4, 0.5) is 0 Å². The zero-order valence-corrected chi connectivity index (χ0v) is 19.0. The quantitative estimate of drug-likeness (QED) is 0.193. The van der Waals surface area contributed by atoms with Crippen molar-refractivity contribution in [3.8, 4) is 17.2 Å². The smallest absolute Gasteiger partial charge is 0.374 e. The Morgan fingerprint density at radius 3 is 1.79 bits per heavy atom. The first kappa shape index (κ1) is 22.2. The van der Waals surface area contributed by atoms with Crippen molar-refractivity contribution >= 4 is 34.3 Å². The van der Waals surface area contributed by atoms with Crippen LogP contribution in [0.1, 0.15) is 34.6 Å². The lowest BCUT2D eigenvalue weighted by Crippen LogP contribution is -2.26. The van der Waals surface area contributed by atoms with E-state index in [9.17, 15) is 4.79 Å². The molecule has 0 heterocycles. The standard InChI is InChI=1S/C22H26INO4/c1-14(2)21(15(3)4)24-28-22(25)16(5)26-18-10-12-20(13-11-18)27-19-8-6-17(23)7-9-19/h6-16H,1-5H3. The van der Waals surface area contributed by atoms with Gasteiger partial charge in [-0.05, 0) is 89.9 Å². The van der Waals surface area contributed by atoms with E-state index < -0.39 is 12.1 Å². The molecule has 0 saturated heterocycles. The molecular formula is C22H26INO4. The minimum atomic E-state index is -0.771. The number of hydrogen-bond donors (Lipinski definition) is 0. The van der Waals surface area contributed by atoms with Gasteiger partial charge in [-0.15, -0.1) is 0 Å². The summed E-state index contributed by atoms with van der Waals surface area (Å²) in [6.07, 6.45) is -0.771. The number of halogens is 1. The molecule has 0 aliphatic heterocycles. The predicted octanol–water partition coefficient (Wildman–Crippen LogP) is 6.06. The Bertz CT molecular complexity index is 788. The minimum absolute atomic E-state index is 0.213. The van der Waals surface area contributed by atoms with Gasteiger partial charge >= 0.3 is 5.97 Å². The van der Waals surface area contributed by atoms with Crippen LogP contribution < -0.4 is 9.47 Å². The van der Waals surface area contributed by atoms with Gasteiger partial charge in [0.2, 0.25) is 0 Å². The van der Waals surface area contributed by atoms with Crippen molar-refractivity contribution in [3.05, 3.63) is 52.1 Å². The van der Waals surface area contributed by atoms with Gasteiger partial charge in [-0.3, -0.25) is 0 Å². The van der Waals surface area contributed by atoms with E-state index in [0.717, 1.165) is 15.0 Å². The Labute approximate surface area is 180 Å². The molecule has 0 saturated carbocycles. The lowest BCUT2D eigenvalue weighted by molar-refractivity contribution is -0.151. The molecule has 2 rings (SSSR count). The van der Waals surface area contributed by atoms with Crippen LogP contribution in [0, 0.1) is 15.4 Å². The Balaban J connectivity index is 1.92. The fourth-order valence-electron chi connectivity index (χ4n) is 2.53. The fraction of sp³-hybridized carbons (Fsp3) is 0.364. The molecule has 0 aliphatic carbocycles. The predicted molar refractivity (Wildman–Crippen MR) is 119 cm³/mol. The summed E-state index contributed by atoms with van der Waals surface area (Å²) in [5.74, 6) is 1.89. The summed E-state index contributed by atoms with van der Waals surface area (Å²) in [5.41, 5.74) is 0.845. The van der Waals surface area contributed by atoms with Crippen molar-refractivity contribution < 1.29 is 19.1 Å². The zero-order chi connectivity index (χ0) is 20.7. The maximum Gasteiger partial charge on any atom is 0.374 e. The normalized spacial score (nSPS) is 11.9. The summed E-state index contributed by atoms with van der Waals surface area (Å²) in [7, 11) is 0. The second kappa shape index (κ2) is 10.5. The lowest BCUT2D eigenvalue weighted by atomic mass is 9.98. The van der Waals surface area contributed by atoms with E-state index in [2.05, 4.69) is 27.7 Å². The number of hydrogen-bond acceptors (Lipinski definition) is 5. The van der Waals surface area contributed by atoms with E-state index in [0.29, 0.717) is 11.5 Å². The minimum Gasteiger partial charge on any atom is -0.479 e. The highest BCUT2D eigenvalue weighted by molar-refractivity contribution is 14.1. The average Bonchev–Trinajstić information content (AvgIpc) is 2.64. The topological polar surface area (TPSA) is 57.1 Å². The van der Waals surface area contributed by atoms with E-state index in [4.69, 9.17) is 14.3 Å². The second-order valence-electron chi connectivity index (χ2n) is 7.02. The summed E-state index contributed by atoms with van der Waals surface area (Å²) in [6, 6.07) is 14.9. The highest BCUT2D eigenvalue weighted by Crippen LogP contribution is 2.25. The molecule has 5 nitrogen and oxygen atoms in total. The third-order valence-corrected chi connectivity index (χ3v) is 4.66. The van der Waals surface area contributed by atoms with Gasteiger partial charge in [0.1, 0.15) is 17.2 Å². The van der Waals surface area contributed by atoms with Crippen LogP contribution in [-0.4, -0.2) is 17.8 Å². The molecule has 0 N–H and O–H groups in total. The Kier molecular flexibility index (Phi) is 8.29. The summed E-state index contributed by atoms with van der Waals surface area (Å²) in [6.45, 7) is 9.72. The molecule has 1 atom stereocenters. The van der Waals surface area contributed by atoms with Gasteiger partial charge in [0.15, 0.2) is 6.10 Å². The SMILES string of the molecule is CC(C)C(=NOC(=O)C(C)Oc1ccc(Oc2ccc(I)cc2)cc1)C(C)C. The van der Waals surface area contributed by atoms with Gasteiger partial charge < -0.3 is 14.3 Å². The highest BCUT2D eigenvalue weighted by atomic mass is 127. The lowest BCUT2D eigenvalue weighted by Gasteiger charge is -2.15. The molecule has 0 amide bonds. The van der Waals surface area contributed by atoms with Crippen LogP contribution in [0.3, 0.4) is 0 Å². The first-order valence-corrected chi connectivity index (χ1v) is 10.3. The molecule has 0 fully saturated rings. The molecule has 0 spiro atoms. The molecule has 1 unspecified atom stereocenters. The number of benzene rings is 2. The molecular weight excluding hydrogens is 469 g/mol. The van der Waals surface area contributed by atoms with Crippen LogP contribution in [0.2, 0.25) is 0 Å². The Morgan fingerprint density at radius 1 is 0.821 bits per heavy atom. The molecule has 0 bridgehead atoms. The van der Waals surface area contributed by atoms with Crippen molar-refractivity contribution in [2.45, 2.75) is 40.7 Å². The summed E-state index contributed by atoms with van der Waals surface area (Å²) < 4.78 is 12.6. The van der Waals surface area contributed by atoms with Gasteiger partial charge in [-0.25, -0.2) is 4.79 Å². The maximum absolute atomic E-state index is 12.2. The van der Waals surface area contributed by atoms with Gasteiger partial charge in [0.25, 0.3) is 0 Å². The summed E-state index contributed by atoms with van der Waals surface area (Å²) in [5, 5.41) is 4.02. The van der Waals surface area contributed by atoms with Gasteiger partial charge in [-0.2, -0.15) is 0 Å². The van der Waals surface area contributed by atoms with E-state index in [1.54, 1.807) is 31.2 Å². The number of carbonyl (C=O) groups is 1. The summed E-state index contributed by atoms with van der Waals surface area (Å²) in [4.78, 5) is 17.2. The molecule has 28 heavy (non-hydrogen) atoms. The highest BCUT2D eigenvalue weighted by Gasteiger charge is 2.19. The average molecular weight is 495 g/mol. The first-order chi connectivity index (χ1) is 13.3. The fourth-order valence-corrected chi connectivity index (χ4v) is 2.89. The number of rotatable bonds is 8. The third-order valence-electron chi connectivity index (χ3n) is 3.94. The van der Waals surface area contributed by atoms with Crippen LogP contribution in [-0.2, 0) is 9.63 Å². The molecule has 2 aromatic carbocycles. The van der Waals surface area contributed by atoms with Crippen LogP contribution in [0.25, 0.3) is 0 Å². The molecule has 0 aromatic heterocycles. The number of carbonyl (C=O) groups excluding carboxylic acids is 1. The van der Waals surface area contributed by atoms with Crippen molar-refractivity contribution in [1.29, 1.82) is 0 Å². The molecule has 2 aromatic rings. The number of oxime groups is 1. The molecule has 0 aliphatic rings. The maximum atomic E-state index is 12.2. The zero-order valence-electron chi connectivity index (χ0n) is 16.8. The third kappa shape index (κ3) is 6.82. The largest absolute Gasteiger partial charge is 0.479 e. The Morgan fingerprint density at radius 2 is 1.29 bits per heavy atom. The van der Waals surface area contributed by atoms with E-state index in [1.807, 2.05) is 52.0 Å². The molecule has 150 valence electrons. The Hall–Kier alpha value is -2.09. The van der Waals surface area contributed by atoms with Gasteiger partial charge in [-0.1, -0.05) is 32.9 Å². The van der Waals surface area contributed by atoms with Crippen LogP contribution >= 0.6 is 22.6 Å². The van der Waals surface area contributed by atoms with E-state index >= 15 is 0 Å². The van der Waals surface area contributed by atoms with Crippen molar-refractivity contribution in [3.63, 3.8) is 0 Å². The van der Waals surface area contributed by atoms with E-state index in [1.165, 1.54) is 0 Å². The van der Waals surface area contributed by atoms with E-state index in [-0.39, 0.29) is 11.8 Å². The van der Waals surface area contributed by atoms with Gasteiger partial charge in [0, 0.05) is 3.57 Å².